The van der Waals surface area contributed by atoms with Crippen molar-refractivity contribution >= 4 is 58.0 Å². The Hall–Kier alpha value is -7.76. The Balaban J connectivity index is 1.44. The number of nitrogens with one attached hydrogen (secondary N) is 6. The summed E-state index contributed by atoms with van der Waals surface area (Å²) < 4.78 is 24.7. The van der Waals surface area contributed by atoms with Gasteiger partial charge in [0.25, 0.3) is 0 Å². The van der Waals surface area contributed by atoms with E-state index in [1.165, 1.54) is 0 Å². The van der Waals surface area contributed by atoms with Gasteiger partial charge in [0, 0.05) is 84.8 Å². The summed E-state index contributed by atoms with van der Waals surface area (Å²) in [6.45, 7) is 17.1. The molecule has 16 nitrogen and oxygen atoms in total. The molecule has 0 saturated heterocycles. The van der Waals surface area contributed by atoms with Crippen LogP contribution in [0.25, 0.3) is 0 Å². The molecule has 0 radical (unpaired) electrons. The van der Waals surface area contributed by atoms with Gasteiger partial charge < -0.3 is 60.6 Å². The average molecular weight is 1060 g/mol. The van der Waals surface area contributed by atoms with Crippen molar-refractivity contribution in [2.45, 2.75) is 79.0 Å². The molecule has 0 aliphatic carbocycles. The summed E-state index contributed by atoms with van der Waals surface area (Å²) in [4.78, 5) is 68.1. The summed E-state index contributed by atoms with van der Waals surface area (Å²) >= 11 is 0. The van der Waals surface area contributed by atoms with E-state index in [1.54, 1.807) is 48.5 Å². The lowest BCUT2D eigenvalue weighted by Gasteiger charge is -2.48. The molecule has 8 rings (SSSR count). The normalized spacial score (nSPS) is 17.3. The zero-order valence-corrected chi connectivity index (χ0v) is 46.0. The third-order valence-electron chi connectivity index (χ3n) is 14.4. The first-order chi connectivity index (χ1) is 37.7. The molecule has 4 atom stereocenters. The number of hydrogen-bond acceptors (Lipinski definition) is 10. The maximum Gasteiger partial charge on any atom is 0.320 e. The van der Waals surface area contributed by atoms with E-state index in [2.05, 4.69) is 31.9 Å². The number of ether oxygens (including phenoxy) is 4. The van der Waals surface area contributed by atoms with E-state index in [-0.39, 0.29) is 26.2 Å². The molecule has 0 saturated carbocycles. The standard InChI is InChI=1S/C62H74N8O8/c1-9-75-53(76-10-2)37-69-39-61(49-17-13-15-19-51(49)69,67-59(73)65-47-33-25-43(7)26-34-47)55(57(71)63-45-29-21-41(5)22-30-45)56(58(72)64-46-31-23-42(6)24-32-46)62(68-60(74)66-48-35-27-44(8)28-36-48)40-70(38-54(77-11-3)78-12-4)52-20-16-14-18-50(52)62/h13-36,53-56H,9-12,37-40H2,1-8H3,(H,63,71)(H,64,72)(H2,65,67,73)(H2,66,68,74). The Morgan fingerprint density at radius 3 is 1.00 bits per heavy atom. The molecule has 410 valence electrons. The Morgan fingerprint density at radius 1 is 0.423 bits per heavy atom. The SMILES string of the molecule is CCOC(CN1CC(NC(=O)Nc2ccc(C)cc2)(C(C(=O)Nc2ccc(C)cc2)C(C(=O)Nc2ccc(C)cc2)C2(NC(=O)Nc3ccc(C)cc3)CN(CC(OCC)OCC)c3ccccc32)c2ccccc21)OCC. The van der Waals surface area contributed by atoms with E-state index in [1.807, 2.05) is 162 Å². The molecule has 0 spiro atoms. The van der Waals surface area contributed by atoms with Crippen LogP contribution in [0.3, 0.4) is 0 Å². The Labute approximate surface area is 458 Å². The zero-order valence-electron chi connectivity index (χ0n) is 46.0. The minimum atomic E-state index is -1.79. The molecular weight excluding hydrogens is 985 g/mol. The van der Waals surface area contributed by atoms with Crippen LogP contribution in [0.4, 0.5) is 43.7 Å². The molecule has 6 amide bonds. The highest BCUT2D eigenvalue weighted by atomic mass is 16.7. The van der Waals surface area contributed by atoms with E-state index in [0.717, 1.165) is 22.3 Å². The maximum absolute atomic E-state index is 16.7. The Morgan fingerprint density at radius 2 is 0.705 bits per heavy atom. The monoisotopic (exact) mass is 1060 g/mol. The van der Waals surface area contributed by atoms with E-state index in [4.69, 9.17) is 18.9 Å². The summed E-state index contributed by atoms with van der Waals surface area (Å²) in [6, 6.07) is 43.4. The predicted octanol–water partition coefficient (Wildman–Crippen LogP) is 10.6. The maximum atomic E-state index is 16.7. The number of rotatable bonds is 23. The van der Waals surface area contributed by atoms with Crippen LogP contribution < -0.4 is 41.7 Å². The first-order valence-electron chi connectivity index (χ1n) is 26.9. The fourth-order valence-corrected chi connectivity index (χ4v) is 10.9. The van der Waals surface area contributed by atoms with Crippen molar-refractivity contribution in [2.24, 2.45) is 11.8 Å². The minimum Gasteiger partial charge on any atom is -0.363 e. The number of aryl methyl sites for hydroxylation is 4. The number of benzene rings is 6. The molecule has 2 aliphatic heterocycles. The second-order valence-corrected chi connectivity index (χ2v) is 20.0. The number of para-hydroxylation sites is 2. The van der Waals surface area contributed by atoms with Gasteiger partial charge in [0.1, 0.15) is 0 Å². The largest absolute Gasteiger partial charge is 0.363 e. The summed E-state index contributed by atoms with van der Waals surface area (Å²) in [5, 5.41) is 19.4. The average Bonchev–Trinajstić information content (AvgIpc) is 4.01. The fourth-order valence-electron chi connectivity index (χ4n) is 10.9. The number of urea groups is 2. The van der Waals surface area contributed by atoms with Crippen molar-refractivity contribution in [1.29, 1.82) is 0 Å². The molecular formula is C62H74N8O8. The van der Waals surface area contributed by atoms with Gasteiger partial charge in [-0.2, -0.15) is 0 Å². The number of hydrogen-bond donors (Lipinski definition) is 6. The van der Waals surface area contributed by atoms with E-state index in [0.29, 0.717) is 71.7 Å². The molecule has 78 heavy (non-hydrogen) atoms. The summed E-state index contributed by atoms with van der Waals surface area (Å²) in [7, 11) is 0. The number of carbonyl (C=O) groups is 4. The summed E-state index contributed by atoms with van der Waals surface area (Å²) in [5.74, 6) is -4.36. The van der Waals surface area contributed by atoms with Gasteiger partial charge in [0.05, 0.1) is 36.0 Å². The first kappa shape index (κ1) is 56.4. The van der Waals surface area contributed by atoms with E-state index < -0.39 is 59.4 Å². The van der Waals surface area contributed by atoms with Crippen molar-refractivity contribution in [3.8, 4) is 0 Å². The van der Waals surface area contributed by atoms with Crippen LogP contribution in [-0.2, 0) is 39.6 Å². The van der Waals surface area contributed by atoms with Crippen LogP contribution in [0, 0.1) is 39.5 Å². The number of anilines is 6. The molecule has 16 heteroatoms. The van der Waals surface area contributed by atoms with Gasteiger partial charge >= 0.3 is 12.1 Å². The van der Waals surface area contributed by atoms with Gasteiger partial charge in [-0.15, -0.1) is 0 Å². The topological polar surface area (TPSA) is 184 Å². The zero-order chi connectivity index (χ0) is 55.4. The number of amides is 6. The highest BCUT2D eigenvalue weighted by Crippen LogP contribution is 2.54. The molecule has 0 bridgehead atoms. The van der Waals surface area contributed by atoms with Crippen LogP contribution in [0.5, 0.6) is 0 Å². The Bertz CT molecular complexity index is 2780. The van der Waals surface area contributed by atoms with Crippen LogP contribution in [-0.4, -0.2) is 89.1 Å². The van der Waals surface area contributed by atoms with Crippen molar-refractivity contribution in [3.05, 3.63) is 179 Å². The fraction of sp³-hybridized carbons (Fsp3) is 0.355. The summed E-state index contributed by atoms with van der Waals surface area (Å²) in [6.07, 6.45) is -1.44. The molecule has 0 fully saturated rings. The van der Waals surface area contributed by atoms with Gasteiger partial charge in [-0.3, -0.25) is 9.59 Å². The second-order valence-electron chi connectivity index (χ2n) is 20.0. The van der Waals surface area contributed by atoms with Crippen LogP contribution in [0.2, 0.25) is 0 Å². The lowest BCUT2D eigenvalue weighted by molar-refractivity contribution is -0.137. The third-order valence-corrected chi connectivity index (χ3v) is 14.4. The molecule has 2 aliphatic rings. The predicted molar refractivity (Wildman–Crippen MR) is 308 cm³/mol. The molecule has 6 aromatic rings. The first-order valence-corrected chi connectivity index (χ1v) is 26.9. The van der Waals surface area contributed by atoms with Crippen molar-refractivity contribution in [2.75, 3.05) is 83.7 Å². The van der Waals surface area contributed by atoms with E-state index >= 15 is 19.2 Å². The molecule has 6 aromatic carbocycles. The minimum absolute atomic E-state index is 0.0572. The van der Waals surface area contributed by atoms with Gasteiger partial charge in [-0.1, -0.05) is 107 Å². The van der Waals surface area contributed by atoms with Gasteiger partial charge in [-0.05, 0) is 116 Å². The quantitative estimate of drug-likeness (QED) is 0.0338. The van der Waals surface area contributed by atoms with Crippen LogP contribution in [0.15, 0.2) is 146 Å². The molecule has 0 aromatic heterocycles. The van der Waals surface area contributed by atoms with Crippen molar-refractivity contribution < 1.29 is 38.1 Å². The smallest absolute Gasteiger partial charge is 0.320 e. The number of fused-ring (bicyclic) bond motifs is 2. The number of nitrogens with zero attached hydrogens (tertiary/aromatic N) is 2. The lowest BCUT2D eigenvalue weighted by atomic mass is 9.63. The van der Waals surface area contributed by atoms with Crippen LogP contribution >= 0.6 is 0 Å². The van der Waals surface area contributed by atoms with Crippen molar-refractivity contribution in [1.82, 2.24) is 10.6 Å². The van der Waals surface area contributed by atoms with Gasteiger partial charge in [0.15, 0.2) is 12.6 Å². The lowest BCUT2D eigenvalue weighted by Crippen LogP contribution is -2.68. The van der Waals surface area contributed by atoms with Gasteiger partial charge in [-0.25, -0.2) is 9.59 Å². The second kappa shape index (κ2) is 25.6. The highest BCUT2D eigenvalue weighted by molar-refractivity contribution is 6.04. The number of carbonyl (C=O) groups excluding carboxylic acids is 4. The Kier molecular flexibility index (Phi) is 18.5. The summed E-state index contributed by atoms with van der Waals surface area (Å²) in [5.41, 5.74) is 4.69. The van der Waals surface area contributed by atoms with E-state index in [9.17, 15) is 0 Å². The molecule has 6 N–H and O–H groups in total. The molecule has 2 heterocycles. The third kappa shape index (κ3) is 13.0. The van der Waals surface area contributed by atoms with Gasteiger partial charge in [0.2, 0.25) is 11.8 Å². The van der Waals surface area contributed by atoms with Crippen molar-refractivity contribution in [3.63, 3.8) is 0 Å². The molecule has 4 unspecified atom stereocenters. The highest BCUT2D eigenvalue weighted by Gasteiger charge is 2.64. The van der Waals surface area contributed by atoms with Crippen LogP contribution in [0.1, 0.15) is 61.1 Å².